The van der Waals surface area contributed by atoms with Gasteiger partial charge in [0, 0.05) is 18.9 Å². The number of aromatic carboxylic acids is 1. The minimum absolute atomic E-state index is 0.0958. The maximum Gasteiger partial charge on any atom is 0.338 e. The first-order chi connectivity index (χ1) is 9.43. The first-order valence-electron chi connectivity index (χ1n) is 5.54. The Balaban J connectivity index is 2.60. The second-order valence-electron chi connectivity index (χ2n) is 3.93. The van der Waals surface area contributed by atoms with Crippen molar-refractivity contribution in [1.29, 1.82) is 0 Å². The predicted molar refractivity (Wildman–Crippen MR) is 73.3 cm³/mol. The molecule has 0 saturated carbocycles. The van der Waals surface area contributed by atoms with Crippen LogP contribution < -0.4 is 11.1 Å². The third-order valence-electron chi connectivity index (χ3n) is 2.59. The van der Waals surface area contributed by atoms with Crippen LogP contribution in [0, 0.1) is 0 Å². The van der Waals surface area contributed by atoms with Gasteiger partial charge in [0.25, 0.3) is 5.91 Å². The number of rotatable bonds is 3. The quantitative estimate of drug-likeness (QED) is 0.736. The smallest absolute Gasteiger partial charge is 0.338 e. The van der Waals surface area contributed by atoms with Crippen molar-refractivity contribution in [2.45, 2.75) is 0 Å². The van der Waals surface area contributed by atoms with Gasteiger partial charge < -0.3 is 16.2 Å². The summed E-state index contributed by atoms with van der Waals surface area (Å²) in [6.45, 7) is 0. The van der Waals surface area contributed by atoms with Gasteiger partial charge in [-0.1, -0.05) is 11.6 Å². The molecule has 1 amide bonds. The molecule has 0 radical (unpaired) electrons. The number of anilines is 1. The van der Waals surface area contributed by atoms with Crippen LogP contribution in [0.1, 0.15) is 20.8 Å². The number of halogens is 1. The van der Waals surface area contributed by atoms with Crippen LogP contribution in [0.3, 0.4) is 0 Å². The Hall–Kier alpha value is -2.54. The molecule has 8 heteroatoms. The molecule has 0 saturated heterocycles. The third-order valence-corrected chi connectivity index (χ3v) is 2.88. The molecule has 4 N–H and O–H groups in total. The molecule has 0 unspecified atom stereocenters. The second kappa shape index (κ2) is 5.22. The number of hydrogen-bond acceptors (Lipinski definition) is 4. The van der Waals surface area contributed by atoms with Crippen molar-refractivity contribution in [1.82, 2.24) is 15.1 Å². The highest BCUT2D eigenvalue weighted by atomic mass is 35.5. The van der Waals surface area contributed by atoms with E-state index in [-0.39, 0.29) is 33.6 Å². The Morgan fingerprint density at radius 3 is 2.75 bits per heavy atom. The van der Waals surface area contributed by atoms with Gasteiger partial charge >= 0.3 is 5.97 Å². The lowest BCUT2D eigenvalue weighted by atomic mass is 10.1. The van der Waals surface area contributed by atoms with E-state index in [1.54, 1.807) is 0 Å². The highest BCUT2D eigenvalue weighted by Gasteiger charge is 2.18. The van der Waals surface area contributed by atoms with E-state index in [2.05, 4.69) is 10.4 Å². The standard InChI is InChI=1S/C12H11ClN4O3/c1-15-11(18)9-2-3-17(16-9)10-7(12(19)20)4-6(14)5-8(10)13/h2-5H,14H2,1H3,(H,15,18)(H,19,20). The number of nitrogen functional groups attached to an aromatic ring is 1. The lowest BCUT2D eigenvalue weighted by molar-refractivity contribution is 0.0696. The molecule has 0 bridgehead atoms. The number of amides is 1. The fourth-order valence-electron chi connectivity index (χ4n) is 1.71. The molecule has 0 aliphatic rings. The summed E-state index contributed by atoms with van der Waals surface area (Å²) in [5.41, 5.74) is 6.02. The topological polar surface area (TPSA) is 110 Å². The number of nitrogens with zero attached hydrogens (tertiary/aromatic N) is 2. The summed E-state index contributed by atoms with van der Waals surface area (Å²) in [6, 6.07) is 4.16. The zero-order chi connectivity index (χ0) is 14.9. The van der Waals surface area contributed by atoms with Crippen LogP contribution in [0.25, 0.3) is 5.69 Å². The van der Waals surface area contributed by atoms with Gasteiger partial charge in [0.1, 0.15) is 0 Å². The van der Waals surface area contributed by atoms with Crippen LogP contribution in [0.2, 0.25) is 5.02 Å². The molecule has 1 heterocycles. The Morgan fingerprint density at radius 2 is 2.15 bits per heavy atom. The molecule has 0 aliphatic heterocycles. The lowest BCUT2D eigenvalue weighted by Gasteiger charge is -2.09. The zero-order valence-corrected chi connectivity index (χ0v) is 11.2. The maximum atomic E-state index is 11.5. The van der Waals surface area contributed by atoms with Crippen molar-refractivity contribution in [2.24, 2.45) is 0 Å². The van der Waals surface area contributed by atoms with E-state index in [0.29, 0.717) is 0 Å². The van der Waals surface area contributed by atoms with Gasteiger partial charge in [-0.3, -0.25) is 4.79 Å². The number of aromatic nitrogens is 2. The summed E-state index contributed by atoms with van der Waals surface area (Å²) in [4.78, 5) is 22.7. The van der Waals surface area contributed by atoms with Crippen LogP contribution in [-0.4, -0.2) is 33.8 Å². The molecule has 20 heavy (non-hydrogen) atoms. The first kappa shape index (κ1) is 13.9. The summed E-state index contributed by atoms with van der Waals surface area (Å²) in [5.74, 6) is -1.57. The fourth-order valence-corrected chi connectivity index (χ4v) is 2.03. The van der Waals surface area contributed by atoms with E-state index in [4.69, 9.17) is 17.3 Å². The highest BCUT2D eigenvalue weighted by molar-refractivity contribution is 6.33. The van der Waals surface area contributed by atoms with Gasteiger partial charge in [-0.25, -0.2) is 9.48 Å². The van der Waals surface area contributed by atoms with Crippen LogP contribution >= 0.6 is 11.6 Å². The zero-order valence-electron chi connectivity index (χ0n) is 10.4. The van der Waals surface area contributed by atoms with Crippen molar-refractivity contribution < 1.29 is 14.7 Å². The normalized spacial score (nSPS) is 10.3. The van der Waals surface area contributed by atoms with Gasteiger partial charge in [-0.2, -0.15) is 5.10 Å². The van der Waals surface area contributed by atoms with Crippen LogP contribution in [-0.2, 0) is 0 Å². The van der Waals surface area contributed by atoms with E-state index in [1.165, 1.54) is 36.1 Å². The van der Waals surface area contributed by atoms with E-state index in [1.807, 2.05) is 0 Å². The summed E-state index contributed by atoms with van der Waals surface area (Å²) in [7, 11) is 1.47. The van der Waals surface area contributed by atoms with Crippen molar-refractivity contribution >= 4 is 29.2 Å². The van der Waals surface area contributed by atoms with E-state index in [9.17, 15) is 14.7 Å². The Kier molecular flexibility index (Phi) is 3.62. The second-order valence-corrected chi connectivity index (χ2v) is 4.34. The molecule has 7 nitrogen and oxygen atoms in total. The average Bonchev–Trinajstić information content (AvgIpc) is 2.86. The Morgan fingerprint density at radius 1 is 1.45 bits per heavy atom. The third kappa shape index (κ3) is 2.43. The monoisotopic (exact) mass is 294 g/mol. The number of carboxylic acid groups (broad SMARTS) is 1. The van der Waals surface area contributed by atoms with E-state index < -0.39 is 5.97 Å². The number of carbonyl (C=O) groups is 2. The molecule has 2 aromatic rings. The van der Waals surface area contributed by atoms with Gasteiger partial charge in [-0.05, 0) is 18.2 Å². The van der Waals surface area contributed by atoms with Gasteiger partial charge in [0.2, 0.25) is 0 Å². The summed E-state index contributed by atoms with van der Waals surface area (Å²) < 4.78 is 1.23. The lowest BCUT2D eigenvalue weighted by Crippen LogP contribution is -2.18. The molecule has 1 aromatic heterocycles. The molecule has 1 aromatic carbocycles. The van der Waals surface area contributed by atoms with Crippen molar-refractivity contribution in [3.63, 3.8) is 0 Å². The first-order valence-corrected chi connectivity index (χ1v) is 5.92. The molecular formula is C12H11ClN4O3. The number of carbonyl (C=O) groups excluding carboxylic acids is 1. The minimum Gasteiger partial charge on any atom is -0.478 e. The number of benzene rings is 1. The summed E-state index contributed by atoms with van der Waals surface area (Å²) in [5, 5.41) is 15.8. The van der Waals surface area contributed by atoms with E-state index in [0.717, 1.165) is 0 Å². The number of hydrogen-bond donors (Lipinski definition) is 3. The van der Waals surface area contributed by atoms with Crippen LogP contribution in [0.4, 0.5) is 5.69 Å². The van der Waals surface area contributed by atoms with Crippen LogP contribution in [0.5, 0.6) is 0 Å². The van der Waals surface area contributed by atoms with Crippen molar-refractivity contribution in [2.75, 3.05) is 12.8 Å². The minimum atomic E-state index is -1.19. The Labute approximate surface area is 119 Å². The van der Waals surface area contributed by atoms with Gasteiger partial charge in [-0.15, -0.1) is 0 Å². The van der Waals surface area contributed by atoms with Crippen LogP contribution in [0.15, 0.2) is 24.4 Å². The molecule has 0 atom stereocenters. The highest BCUT2D eigenvalue weighted by Crippen LogP contribution is 2.27. The maximum absolute atomic E-state index is 11.5. The SMILES string of the molecule is CNC(=O)c1ccn(-c2c(Cl)cc(N)cc2C(=O)O)n1. The molecule has 0 fully saturated rings. The largest absolute Gasteiger partial charge is 0.478 e. The molecule has 2 rings (SSSR count). The predicted octanol–water partition coefficient (Wildman–Crippen LogP) is 1.17. The molecule has 0 aliphatic carbocycles. The number of nitrogens with one attached hydrogen (secondary N) is 1. The van der Waals surface area contributed by atoms with Gasteiger partial charge in [0.15, 0.2) is 5.69 Å². The average molecular weight is 295 g/mol. The Bertz CT molecular complexity index is 696. The fraction of sp³-hybridized carbons (Fsp3) is 0.0833. The van der Waals surface area contributed by atoms with Crippen molar-refractivity contribution in [3.05, 3.63) is 40.7 Å². The summed E-state index contributed by atoms with van der Waals surface area (Å²) in [6.07, 6.45) is 1.45. The number of nitrogens with two attached hydrogens (primary N) is 1. The molecule has 104 valence electrons. The molecule has 0 spiro atoms. The van der Waals surface area contributed by atoms with Crippen molar-refractivity contribution in [3.8, 4) is 5.69 Å². The number of carboxylic acids is 1. The van der Waals surface area contributed by atoms with Gasteiger partial charge in [0.05, 0.1) is 16.3 Å². The molecular weight excluding hydrogens is 284 g/mol. The van der Waals surface area contributed by atoms with E-state index >= 15 is 0 Å². The summed E-state index contributed by atoms with van der Waals surface area (Å²) >= 11 is 6.03.